The topological polar surface area (TPSA) is 291 Å². The van der Waals surface area contributed by atoms with Crippen molar-refractivity contribution in [1.29, 1.82) is 0 Å². The van der Waals surface area contributed by atoms with Crippen molar-refractivity contribution in [3.63, 3.8) is 0 Å². The molecule has 20 heteroatoms. The molecule has 15 atom stereocenters. The number of rotatable bonds is 21. The highest BCUT2D eigenvalue weighted by atomic mass is 16.7. The molecule has 5 rings (SSSR count). The molecular weight excluding hydrogens is 814 g/mol. The van der Waals surface area contributed by atoms with Gasteiger partial charge in [0.15, 0.2) is 24.4 Å². The number of nitrogens with one attached hydrogen (secondary N) is 2. The van der Waals surface area contributed by atoms with Crippen LogP contribution in [0.3, 0.4) is 0 Å². The van der Waals surface area contributed by atoms with E-state index in [4.69, 9.17) is 23.7 Å². The van der Waals surface area contributed by atoms with E-state index in [-0.39, 0.29) is 43.2 Å². The molecule has 0 radical (unpaired) electrons. The normalized spacial score (nSPS) is 34.9. The smallest absolute Gasteiger partial charge is 0.332 e. The minimum Gasteiger partial charge on any atom is -0.479 e. The van der Waals surface area contributed by atoms with Crippen molar-refractivity contribution in [3.05, 3.63) is 11.9 Å². The zero-order valence-corrected chi connectivity index (χ0v) is 36.3. The summed E-state index contributed by atoms with van der Waals surface area (Å²) in [6.07, 6.45) is -6.61. The van der Waals surface area contributed by atoms with Gasteiger partial charge in [-0.25, -0.2) is 4.79 Å². The summed E-state index contributed by atoms with van der Waals surface area (Å²) in [6, 6.07) is -1.30. The Morgan fingerprint density at radius 3 is 2.34 bits per heavy atom. The lowest BCUT2D eigenvalue weighted by atomic mass is 9.74. The lowest BCUT2D eigenvalue weighted by Crippen LogP contribution is -2.67. The van der Waals surface area contributed by atoms with Gasteiger partial charge in [-0.3, -0.25) is 19.1 Å². The number of aromatic nitrogens is 3. The number of aryl methyl sites for hydroxylation is 1. The molecule has 0 bridgehead atoms. The third kappa shape index (κ3) is 13.0. The fourth-order valence-electron chi connectivity index (χ4n) is 9.22. The van der Waals surface area contributed by atoms with Crippen LogP contribution in [0.1, 0.15) is 122 Å². The fourth-order valence-corrected chi connectivity index (χ4v) is 9.22. The first-order valence-corrected chi connectivity index (χ1v) is 22.5. The number of hydrogen-bond acceptors (Lipinski definition) is 16. The minimum absolute atomic E-state index is 0.0424. The maximum Gasteiger partial charge on any atom is 0.332 e. The molecule has 8 N–H and O–H groups in total. The van der Waals surface area contributed by atoms with Crippen LogP contribution in [0.5, 0.6) is 0 Å². The van der Waals surface area contributed by atoms with Crippen molar-refractivity contribution in [2.45, 2.75) is 197 Å². The molecule has 0 spiro atoms. The number of ether oxygens (including phenoxy) is 5. The Morgan fingerprint density at radius 1 is 0.935 bits per heavy atom. The van der Waals surface area contributed by atoms with Gasteiger partial charge in [0.25, 0.3) is 5.91 Å². The van der Waals surface area contributed by atoms with E-state index in [2.05, 4.69) is 27.9 Å². The summed E-state index contributed by atoms with van der Waals surface area (Å²) in [5.41, 5.74) is 0.175. The van der Waals surface area contributed by atoms with E-state index in [0.29, 0.717) is 25.8 Å². The standard InChI is InChI=1S/C42H69N5O15/c1-5-7-16-47-20-27(45-46-47)39(55)43-15-11-14-28(50)26-18-25(6-2)37(62-42-36(54)35(53)33(51)22(3)58-42)29(19-26)60-41-32(44-23(4)49)38(34(52)31(21-48)61-41)59-30(40(56)57)17-24-12-9-8-10-13-24/h20,22,24-26,29-38,41-42,48,51-54H,5-19,21H2,1-4H3,(H,43,55)(H,44,49)(H,56,57)/t22?,25?,26?,29-,30+,31+,32?,33-,34+,35+,36?,37-,38?,41-,42+/m1/s1. The van der Waals surface area contributed by atoms with Crippen LogP contribution in [0, 0.1) is 17.8 Å². The second-order valence-corrected chi connectivity index (χ2v) is 17.4. The Kier molecular flexibility index (Phi) is 19.0. The number of carboxylic acid groups (broad SMARTS) is 1. The average Bonchev–Trinajstić information content (AvgIpc) is 3.74. The van der Waals surface area contributed by atoms with Gasteiger partial charge in [0.05, 0.1) is 31.1 Å². The third-order valence-corrected chi connectivity index (χ3v) is 12.8. The fraction of sp³-hybridized carbons (Fsp3) is 0.857. The Morgan fingerprint density at radius 2 is 1.68 bits per heavy atom. The van der Waals surface area contributed by atoms with Crippen molar-refractivity contribution in [3.8, 4) is 0 Å². The van der Waals surface area contributed by atoms with E-state index in [1.165, 1.54) is 13.8 Å². The SMILES string of the molecule is CCCCn1cc(C(=O)NCCCC(=O)C2CC(CC)[C@@H](O[C@@H]3OC(C)[C@@H](O)[C@H](O)C3O)[C@H](O[C@@H]3O[C@@H](CO)[C@H](O)C(O[C@@H](CC4CCCCC4)C(=O)O)C3NC(C)=O)C2)nn1. The highest BCUT2D eigenvalue weighted by Crippen LogP contribution is 2.40. The number of aliphatic hydroxyl groups excluding tert-OH is 5. The second-order valence-electron chi connectivity index (χ2n) is 17.4. The number of ketones is 1. The first kappa shape index (κ1) is 49.8. The van der Waals surface area contributed by atoms with Crippen LogP contribution in [0.2, 0.25) is 0 Å². The molecule has 62 heavy (non-hydrogen) atoms. The summed E-state index contributed by atoms with van der Waals surface area (Å²) in [6.45, 7) is 6.81. The monoisotopic (exact) mass is 883 g/mol. The Hall–Kier alpha value is -3.18. The van der Waals surface area contributed by atoms with E-state index in [0.717, 1.165) is 44.9 Å². The highest BCUT2D eigenvalue weighted by Gasteiger charge is 2.53. The molecule has 352 valence electrons. The molecule has 6 unspecified atom stereocenters. The third-order valence-electron chi connectivity index (χ3n) is 12.8. The predicted molar refractivity (Wildman–Crippen MR) is 217 cm³/mol. The first-order valence-electron chi connectivity index (χ1n) is 22.5. The van der Waals surface area contributed by atoms with Crippen LogP contribution in [0.4, 0.5) is 0 Å². The lowest BCUT2D eigenvalue weighted by molar-refractivity contribution is -0.338. The zero-order valence-electron chi connectivity index (χ0n) is 36.3. The number of carbonyl (C=O) groups excluding carboxylic acids is 3. The number of hydrogen-bond donors (Lipinski definition) is 8. The van der Waals surface area contributed by atoms with Crippen LogP contribution in [-0.2, 0) is 44.6 Å². The molecule has 1 aromatic heterocycles. The van der Waals surface area contributed by atoms with Gasteiger partial charge in [0, 0.05) is 32.4 Å². The summed E-state index contributed by atoms with van der Waals surface area (Å²) < 4.78 is 32.8. The largest absolute Gasteiger partial charge is 0.479 e. The predicted octanol–water partition coefficient (Wildman–Crippen LogP) is 0.583. The van der Waals surface area contributed by atoms with E-state index in [1.807, 2.05) is 6.92 Å². The van der Waals surface area contributed by atoms with Crippen molar-refractivity contribution in [2.24, 2.45) is 17.8 Å². The molecule has 4 aliphatic rings. The molecule has 1 aromatic rings. The van der Waals surface area contributed by atoms with E-state index >= 15 is 0 Å². The van der Waals surface area contributed by atoms with Crippen LogP contribution in [-0.4, -0.2) is 162 Å². The summed E-state index contributed by atoms with van der Waals surface area (Å²) in [5, 5.41) is 77.5. The number of nitrogens with zero attached hydrogens (tertiary/aromatic N) is 3. The van der Waals surface area contributed by atoms with Crippen molar-refractivity contribution >= 4 is 23.6 Å². The number of carbonyl (C=O) groups is 4. The highest BCUT2D eigenvalue weighted by molar-refractivity contribution is 5.91. The number of Topliss-reactive ketones (excluding diaryl/α,β-unsaturated/α-hetero) is 1. The second kappa shape index (κ2) is 23.7. The minimum atomic E-state index is -1.66. The first-order chi connectivity index (χ1) is 29.6. The summed E-state index contributed by atoms with van der Waals surface area (Å²) in [7, 11) is 0. The quantitative estimate of drug-likeness (QED) is 0.0784. The van der Waals surface area contributed by atoms with Crippen LogP contribution in [0.25, 0.3) is 0 Å². The molecule has 2 aliphatic heterocycles. The number of amides is 2. The van der Waals surface area contributed by atoms with Crippen LogP contribution < -0.4 is 10.6 Å². The molecule has 0 aromatic carbocycles. The van der Waals surface area contributed by atoms with Crippen molar-refractivity contribution in [2.75, 3.05) is 13.2 Å². The summed E-state index contributed by atoms with van der Waals surface area (Å²) in [5.74, 6) is -3.26. The maximum atomic E-state index is 13.9. The van der Waals surface area contributed by atoms with Gasteiger partial charge in [0.2, 0.25) is 5.91 Å². The van der Waals surface area contributed by atoms with Gasteiger partial charge in [-0.2, -0.15) is 0 Å². The Labute approximate surface area is 362 Å². The van der Waals surface area contributed by atoms with Gasteiger partial charge in [-0.1, -0.05) is 64.0 Å². The van der Waals surface area contributed by atoms with E-state index in [9.17, 15) is 49.8 Å². The Bertz CT molecular complexity index is 1600. The van der Waals surface area contributed by atoms with Crippen LogP contribution in [0.15, 0.2) is 6.20 Å². The van der Waals surface area contributed by atoms with Gasteiger partial charge < -0.3 is 65.0 Å². The lowest BCUT2D eigenvalue weighted by Gasteiger charge is -2.49. The molecule has 2 amide bonds. The molecule has 3 heterocycles. The number of aliphatic carboxylic acids is 1. The molecular formula is C42H69N5O15. The maximum absolute atomic E-state index is 13.9. The van der Waals surface area contributed by atoms with Crippen molar-refractivity contribution in [1.82, 2.24) is 25.6 Å². The Balaban J connectivity index is 1.37. The number of aliphatic hydroxyl groups is 5. The summed E-state index contributed by atoms with van der Waals surface area (Å²) >= 11 is 0. The number of unbranched alkanes of at least 4 members (excludes halogenated alkanes) is 1. The van der Waals surface area contributed by atoms with Crippen molar-refractivity contribution < 1.29 is 73.5 Å². The molecule has 2 saturated heterocycles. The molecule has 2 saturated carbocycles. The molecule has 20 nitrogen and oxygen atoms in total. The van der Waals surface area contributed by atoms with Crippen LogP contribution >= 0.6 is 0 Å². The average molecular weight is 884 g/mol. The van der Waals surface area contributed by atoms with E-state index in [1.54, 1.807) is 10.9 Å². The van der Waals surface area contributed by atoms with Gasteiger partial charge in [-0.15, -0.1) is 5.10 Å². The van der Waals surface area contributed by atoms with Gasteiger partial charge in [0.1, 0.15) is 48.4 Å². The van der Waals surface area contributed by atoms with Gasteiger partial charge in [-0.05, 0) is 50.9 Å². The van der Waals surface area contributed by atoms with Gasteiger partial charge >= 0.3 is 5.97 Å². The number of carboxylic acids is 1. The zero-order chi connectivity index (χ0) is 45.1. The summed E-state index contributed by atoms with van der Waals surface area (Å²) in [4.78, 5) is 52.0. The molecule has 4 fully saturated rings. The van der Waals surface area contributed by atoms with E-state index < -0.39 is 116 Å². The molecule has 2 aliphatic carbocycles.